The molecule has 1 saturated heterocycles. The van der Waals surface area contributed by atoms with Crippen molar-refractivity contribution < 1.29 is 4.79 Å². The molecule has 74 valence electrons. The number of thioether (sulfide) groups is 3. The number of carbonyl (C=O) groups is 1. The van der Waals surface area contributed by atoms with Crippen LogP contribution in [0.5, 0.6) is 0 Å². The van der Waals surface area contributed by atoms with Gasteiger partial charge in [-0.15, -0.1) is 23.5 Å². The van der Waals surface area contributed by atoms with Crippen molar-refractivity contribution in [1.82, 2.24) is 0 Å². The normalized spacial score (nSPS) is 25.8. The van der Waals surface area contributed by atoms with E-state index in [4.69, 9.17) is 0 Å². The first-order valence-electron chi connectivity index (χ1n) is 4.14. The highest BCUT2D eigenvalue weighted by Gasteiger charge is 2.32. The van der Waals surface area contributed by atoms with Gasteiger partial charge in [0.05, 0.1) is 4.08 Å². The van der Waals surface area contributed by atoms with Crippen LogP contribution in [0.25, 0.3) is 0 Å². The highest BCUT2D eigenvalue weighted by molar-refractivity contribution is 8.22. The van der Waals surface area contributed by atoms with E-state index in [1.165, 1.54) is 17.8 Å². The van der Waals surface area contributed by atoms with Crippen molar-refractivity contribution in [3.63, 3.8) is 0 Å². The summed E-state index contributed by atoms with van der Waals surface area (Å²) in [6, 6.07) is 0. The fourth-order valence-corrected chi connectivity index (χ4v) is 5.16. The summed E-state index contributed by atoms with van der Waals surface area (Å²) in [5.74, 6) is 2.08. The Morgan fingerprint density at radius 2 is 2.46 bits per heavy atom. The van der Waals surface area contributed by atoms with Crippen molar-refractivity contribution >= 4 is 40.4 Å². The summed E-state index contributed by atoms with van der Waals surface area (Å²) in [6.07, 6.45) is 1.39. The van der Waals surface area contributed by atoms with Gasteiger partial charge in [-0.05, 0) is 19.9 Å². The molecule has 1 fully saturated rings. The standard InChI is InChI=1S/C9H14OS3/c1-4-8(10)11-5-7-6-12-9(2,3)13-7/h4,7H,1,5-6H2,2-3H3. The minimum Gasteiger partial charge on any atom is -0.282 e. The van der Waals surface area contributed by atoms with Crippen molar-refractivity contribution in [2.75, 3.05) is 11.5 Å². The molecule has 0 bridgehead atoms. The van der Waals surface area contributed by atoms with Gasteiger partial charge in [0.1, 0.15) is 0 Å². The molecule has 0 aliphatic carbocycles. The molecule has 1 atom stereocenters. The van der Waals surface area contributed by atoms with Gasteiger partial charge in [0, 0.05) is 16.8 Å². The van der Waals surface area contributed by atoms with Gasteiger partial charge in [0.15, 0.2) is 0 Å². The van der Waals surface area contributed by atoms with E-state index >= 15 is 0 Å². The fourth-order valence-electron chi connectivity index (χ4n) is 1.08. The molecular weight excluding hydrogens is 220 g/mol. The average Bonchev–Trinajstić information content (AvgIpc) is 2.41. The maximum Gasteiger partial charge on any atom is 0.211 e. The van der Waals surface area contributed by atoms with Crippen LogP contribution in [-0.4, -0.2) is 25.9 Å². The molecule has 1 aliphatic rings. The van der Waals surface area contributed by atoms with Crippen molar-refractivity contribution in [2.45, 2.75) is 23.2 Å². The van der Waals surface area contributed by atoms with Gasteiger partial charge in [-0.2, -0.15) is 0 Å². The van der Waals surface area contributed by atoms with E-state index in [9.17, 15) is 4.79 Å². The molecule has 0 amide bonds. The highest BCUT2D eigenvalue weighted by Crippen LogP contribution is 2.47. The molecule has 1 nitrogen and oxygen atoms in total. The summed E-state index contributed by atoms with van der Waals surface area (Å²) in [5.41, 5.74) is 0. The maximum atomic E-state index is 11.0. The van der Waals surface area contributed by atoms with Crippen molar-refractivity contribution in [2.24, 2.45) is 0 Å². The second-order valence-electron chi connectivity index (χ2n) is 3.28. The summed E-state index contributed by atoms with van der Waals surface area (Å²) >= 11 is 5.34. The first-order chi connectivity index (χ1) is 6.03. The molecule has 1 unspecified atom stereocenters. The van der Waals surface area contributed by atoms with Crippen LogP contribution in [0.3, 0.4) is 0 Å². The first kappa shape index (κ1) is 11.5. The van der Waals surface area contributed by atoms with Crippen molar-refractivity contribution in [3.8, 4) is 0 Å². The summed E-state index contributed by atoms with van der Waals surface area (Å²) in [6.45, 7) is 7.93. The van der Waals surface area contributed by atoms with Gasteiger partial charge in [-0.3, -0.25) is 4.79 Å². The third-order valence-corrected chi connectivity index (χ3v) is 6.23. The lowest BCUT2D eigenvalue weighted by Crippen LogP contribution is -2.08. The topological polar surface area (TPSA) is 17.1 Å². The van der Waals surface area contributed by atoms with Gasteiger partial charge in [0.25, 0.3) is 0 Å². The van der Waals surface area contributed by atoms with Crippen molar-refractivity contribution in [3.05, 3.63) is 12.7 Å². The number of hydrogen-bond acceptors (Lipinski definition) is 4. The Kier molecular flexibility index (Phi) is 4.26. The highest BCUT2D eigenvalue weighted by atomic mass is 32.2. The fraction of sp³-hybridized carbons (Fsp3) is 0.667. The predicted molar refractivity (Wildman–Crippen MR) is 65.6 cm³/mol. The van der Waals surface area contributed by atoms with E-state index in [0.29, 0.717) is 9.33 Å². The number of carbonyl (C=O) groups excluding carboxylic acids is 1. The SMILES string of the molecule is C=CC(=O)SCC1CSC(C)(C)S1. The van der Waals surface area contributed by atoms with Gasteiger partial charge in [-0.25, -0.2) is 0 Å². The van der Waals surface area contributed by atoms with Crippen LogP contribution < -0.4 is 0 Å². The lowest BCUT2D eigenvalue weighted by molar-refractivity contribution is -0.107. The van der Waals surface area contributed by atoms with E-state index in [0.717, 1.165) is 11.5 Å². The number of rotatable bonds is 3. The summed E-state index contributed by atoms with van der Waals surface area (Å²) < 4.78 is 0.336. The summed E-state index contributed by atoms with van der Waals surface area (Å²) in [7, 11) is 0. The van der Waals surface area contributed by atoms with Crippen LogP contribution in [-0.2, 0) is 4.79 Å². The van der Waals surface area contributed by atoms with E-state index in [2.05, 4.69) is 20.4 Å². The van der Waals surface area contributed by atoms with Crippen LogP contribution >= 0.6 is 35.3 Å². The molecule has 1 aliphatic heterocycles. The third-order valence-electron chi connectivity index (χ3n) is 1.65. The quantitative estimate of drug-likeness (QED) is 0.698. The zero-order chi connectivity index (χ0) is 9.90. The Balaban J connectivity index is 2.25. The van der Waals surface area contributed by atoms with Crippen molar-refractivity contribution in [1.29, 1.82) is 0 Å². The third kappa shape index (κ3) is 4.00. The Hall–Kier alpha value is 0.460. The van der Waals surface area contributed by atoms with Gasteiger partial charge in [0.2, 0.25) is 5.12 Å². The molecule has 0 aromatic rings. The Labute approximate surface area is 92.5 Å². The smallest absolute Gasteiger partial charge is 0.211 e. The Morgan fingerprint density at radius 3 is 2.92 bits per heavy atom. The van der Waals surface area contributed by atoms with Crippen LogP contribution in [0.2, 0.25) is 0 Å². The molecule has 13 heavy (non-hydrogen) atoms. The zero-order valence-electron chi connectivity index (χ0n) is 7.91. The molecule has 0 spiro atoms. The molecule has 0 radical (unpaired) electrons. The van der Waals surface area contributed by atoms with Gasteiger partial charge in [-0.1, -0.05) is 18.3 Å². The van der Waals surface area contributed by atoms with Crippen LogP contribution in [0.1, 0.15) is 13.8 Å². The van der Waals surface area contributed by atoms with E-state index in [1.807, 2.05) is 23.5 Å². The minimum atomic E-state index is 0.0929. The van der Waals surface area contributed by atoms with Gasteiger partial charge >= 0.3 is 0 Å². The van der Waals surface area contributed by atoms with Crippen LogP contribution in [0, 0.1) is 0 Å². The van der Waals surface area contributed by atoms with Crippen LogP contribution in [0.4, 0.5) is 0 Å². The lowest BCUT2D eigenvalue weighted by Gasteiger charge is -2.14. The molecule has 4 heteroatoms. The summed E-state index contributed by atoms with van der Waals surface area (Å²) in [4.78, 5) is 11.0. The molecule has 0 aromatic heterocycles. The van der Waals surface area contributed by atoms with E-state index in [1.54, 1.807) is 0 Å². The predicted octanol–water partition coefficient (Wildman–Crippen LogP) is 3.02. The van der Waals surface area contributed by atoms with Crippen LogP contribution in [0.15, 0.2) is 12.7 Å². The molecule has 0 saturated carbocycles. The van der Waals surface area contributed by atoms with E-state index in [-0.39, 0.29) is 5.12 Å². The summed E-state index contributed by atoms with van der Waals surface area (Å²) in [5, 5.41) is 0.712. The lowest BCUT2D eigenvalue weighted by atomic mass is 10.5. The molecule has 1 rings (SSSR count). The molecular formula is C9H14OS3. The zero-order valence-corrected chi connectivity index (χ0v) is 10.4. The Morgan fingerprint density at radius 1 is 1.77 bits per heavy atom. The maximum absolute atomic E-state index is 11.0. The average molecular weight is 234 g/mol. The molecule has 0 N–H and O–H groups in total. The second-order valence-corrected chi connectivity index (χ2v) is 8.13. The molecule has 1 heterocycles. The van der Waals surface area contributed by atoms with E-state index < -0.39 is 0 Å². The monoisotopic (exact) mass is 234 g/mol. The second kappa shape index (κ2) is 4.80. The first-order valence-corrected chi connectivity index (χ1v) is 6.99. The Bertz CT molecular complexity index is 213. The largest absolute Gasteiger partial charge is 0.282 e. The minimum absolute atomic E-state index is 0.0929. The number of hydrogen-bond donors (Lipinski definition) is 0. The van der Waals surface area contributed by atoms with Gasteiger partial charge < -0.3 is 0 Å². The molecule has 0 aromatic carbocycles.